The zero-order valence-electron chi connectivity index (χ0n) is 8.45. The summed E-state index contributed by atoms with van der Waals surface area (Å²) in [6, 6.07) is 2.73. The third kappa shape index (κ3) is 3.11. The van der Waals surface area contributed by atoms with Crippen molar-refractivity contribution in [1.82, 2.24) is 4.98 Å². The van der Waals surface area contributed by atoms with Gasteiger partial charge in [-0.15, -0.1) is 11.6 Å². The van der Waals surface area contributed by atoms with Crippen LogP contribution in [0.4, 0.5) is 8.78 Å². The van der Waals surface area contributed by atoms with Gasteiger partial charge in [0, 0.05) is 0 Å². The maximum absolute atomic E-state index is 12.7. The quantitative estimate of drug-likeness (QED) is 0.843. The van der Waals surface area contributed by atoms with Crippen LogP contribution in [0.25, 0.3) is 0 Å². The summed E-state index contributed by atoms with van der Waals surface area (Å²) in [5.41, 5.74) is -1.04. The van der Waals surface area contributed by atoms with E-state index in [9.17, 15) is 13.6 Å². The van der Waals surface area contributed by atoms with Crippen LogP contribution in [-0.2, 0) is 17.1 Å². The van der Waals surface area contributed by atoms with E-state index in [1.165, 1.54) is 0 Å². The highest BCUT2D eigenvalue weighted by molar-refractivity contribution is 6.16. The molecule has 0 aliphatic rings. The van der Waals surface area contributed by atoms with Crippen molar-refractivity contribution in [3.05, 3.63) is 28.6 Å². The molecule has 0 unspecified atom stereocenters. The summed E-state index contributed by atoms with van der Waals surface area (Å²) in [5, 5.41) is 17.3. The Bertz CT molecular complexity index is 486. The molecule has 4 nitrogen and oxygen atoms in total. The van der Waals surface area contributed by atoms with Gasteiger partial charge in [-0.05, 0) is 6.07 Å². The molecule has 0 amide bonds. The molecular weight excluding hydrogens is 254 g/mol. The maximum Gasteiger partial charge on any atom is 0.309 e. The standard InChI is InChI=1S/C10H7ClF2N2O2/c11-3-6-1-5(4-14)9(10(12)13)7(15-6)2-8(16)17/h1,10H,2-3H2,(H,16,17). The van der Waals surface area contributed by atoms with E-state index in [-0.39, 0.29) is 22.8 Å². The van der Waals surface area contributed by atoms with Crippen LogP contribution in [0.5, 0.6) is 0 Å². The molecule has 90 valence electrons. The van der Waals surface area contributed by atoms with Crippen LogP contribution < -0.4 is 0 Å². The SMILES string of the molecule is N#Cc1cc(CCl)nc(CC(=O)O)c1C(F)F. The zero-order valence-corrected chi connectivity index (χ0v) is 9.21. The summed E-state index contributed by atoms with van der Waals surface area (Å²) >= 11 is 5.49. The molecule has 0 aliphatic carbocycles. The Labute approximate surface area is 100 Å². The molecular formula is C10H7ClF2N2O2. The van der Waals surface area contributed by atoms with E-state index in [1.54, 1.807) is 6.07 Å². The topological polar surface area (TPSA) is 74.0 Å². The highest BCUT2D eigenvalue weighted by Crippen LogP contribution is 2.27. The highest BCUT2D eigenvalue weighted by Gasteiger charge is 2.22. The predicted octanol–water partition coefficient (Wildman–Crippen LogP) is 2.26. The van der Waals surface area contributed by atoms with E-state index < -0.39 is 24.4 Å². The Kier molecular flexibility index (Phi) is 4.35. The van der Waals surface area contributed by atoms with Crippen LogP contribution in [-0.4, -0.2) is 16.1 Å². The Morgan fingerprint density at radius 1 is 1.65 bits per heavy atom. The minimum absolute atomic E-state index is 0.0786. The number of nitrogens with zero attached hydrogens (tertiary/aromatic N) is 2. The van der Waals surface area contributed by atoms with Gasteiger partial charge >= 0.3 is 5.97 Å². The van der Waals surface area contributed by atoms with Gasteiger partial charge in [0.25, 0.3) is 6.43 Å². The Hall–Kier alpha value is -1.74. The summed E-state index contributed by atoms with van der Waals surface area (Å²) in [6.45, 7) is 0. The van der Waals surface area contributed by atoms with Crippen LogP contribution in [0.1, 0.15) is 28.9 Å². The average molecular weight is 261 g/mol. The third-order valence-electron chi connectivity index (χ3n) is 1.98. The lowest BCUT2D eigenvalue weighted by Crippen LogP contribution is -2.10. The van der Waals surface area contributed by atoms with Crippen LogP contribution >= 0.6 is 11.6 Å². The summed E-state index contributed by atoms with van der Waals surface area (Å²) in [4.78, 5) is 14.3. The van der Waals surface area contributed by atoms with Gasteiger partial charge in [-0.3, -0.25) is 9.78 Å². The first kappa shape index (κ1) is 13.3. The second-order valence-corrected chi connectivity index (χ2v) is 3.41. The fourth-order valence-electron chi connectivity index (χ4n) is 1.35. The van der Waals surface area contributed by atoms with Crippen molar-refractivity contribution < 1.29 is 18.7 Å². The molecule has 1 heterocycles. The van der Waals surface area contributed by atoms with E-state index in [0.29, 0.717) is 0 Å². The summed E-state index contributed by atoms with van der Waals surface area (Å²) in [7, 11) is 0. The summed E-state index contributed by atoms with van der Waals surface area (Å²) < 4.78 is 25.5. The van der Waals surface area contributed by atoms with E-state index in [4.69, 9.17) is 22.0 Å². The van der Waals surface area contributed by atoms with E-state index in [2.05, 4.69) is 4.98 Å². The van der Waals surface area contributed by atoms with Gasteiger partial charge in [-0.1, -0.05) is 0 Å². The molecule has 0 aromatic carbocycles. The fourth-order valence-corrected chi connectivity index (χ4v) is 1.49. The van der Waals surface area contributed by atoms with E-state index >= 15 is 0 Å². The van der Waals surface area contributed by atoms with Crippen molar-refractivity contribution in [2.24, 2.45) is 0 Å². The van der Waals surface area contributed by atoms with Crippen molar-refractivity contribution in [2.75, 3.05) is 0 Å². The number of nitriles is 1. The Balaban J connectivity index is 3.41. The minimum Gasteiger partial charge on any atom is -0.481 e. The molecule has 1 rings (SSSR count). The molecule has 0 bridgehead atoms. The lowest BCUT2D eigenvalue weighted by Gasteiger charge is -2.09. The molecule has 17 heavy (non-hydrogen) atoms. The van der Waals surface area contributed by atoms with Gasteiger partial charge in [0.1, 0.15) is 0 Å². The first-order valence-electron chi connectivity index (χ1n) is 4.48. The first-order chi connectivity index (χ1) is 7.99. The number of hydrogen-bond donors (Lipinski definition) is 1. The van der Waals surface area contributed by atoms with Gasteiger partial charge in [0.05, 0.1) is 40.9 Å². The van der Waals surface area contributed by atoms with Gasteiger partial charge in [-0.2, -0.15) is 5.26 Å². The number of pyridine rings is 1. The summed E-state index contributed by atoms with van der Waals surface area (Å²) in [5.74, 6) is -1.37. The Morgan fingerprint density at radius 3 is 2.71 bits per heavy atom. The van der Waals surface area contributed by atoms with Gasteiger partial charge < -0.3 is 5.11 Å². The van der Waals surface area contributed by atoms with Crippen molar-refractivity contribution in [3.63, 3.8) is 0 Å². The van der Waals surface area contributed by atoms with Crippen LogP contribution in [0, 0.1) is 11.3 Å². The average Bonchev–Trinajstić information content (AvgIpc) is 2.26. The smallest absolute Gasteiger partial charge is 0.309 e. The number of aromatic nitrogens is 1. The monoisotopic (exact) mass is 260 g/mol. The second-order valence-electron chi connectivity index (χ2n) is 3.14. The van der Waals surface area contributed by atoms with E-state index in [0.717, 1.165) is 6.07 Å². The number of rotatable bonds is 4. The number of carboxylic acids is 1. The number of hydrogen-bond acceptors (Lipinski definition) is 3. The van der Waals surface area contributed by atoms with Gasteiger partial charge in [0.15, 0.2) is 0 Å². The van der Waals surface area contributed by atoms with Crippen molar-refractivity contribution in [2.45, 2.75) is 18.7 Å². The molecule has 1 aromatic heterocycles. The molecule has 0 atom stereocenters. The molecule has 0 aliphatic heterocycles. The molecule has 7 heteroatoms. The number of aliphatic carboxylic acids is 1. The minimum atomic E-state index is -2.95. The van der Waals surface area contributed by atoms with E-state index in [1.807, 2.05) is 0 Å². The number of carboxylic acid groups (broad SMARTS) is 1. The predicted molar refractivity (Wildman–Crippen MR) is 54.8 cm³/mol. The lowest BCUT2D eigenvalue weighted by molar-refractivity contribution is -0.136. The van der Waals surface area contributed by atoms with Crippen molar-refractivity contribution in [3.8, 4) is 6.07 Å². The van der Waals surface area contributed by atoms with Gasteiger partial charge in [0.2, 0.25) is 0 Å². The largest absolute Gasteiger partial charge is 0.481 e. The molecule has 1 aromatic rings. The normalized spacial score (nSPS) is 10.3. The second kappa shape index (κ2) is 5.55. The zero-order chi connectivity index (χ0) is 13.0. The maximum atomic E-state index is 12.7. The molecule has 1 N–H and O–H groups in total. The Morgan fingerprint density at radius 2 is 2.29 bits per heavy atom. The van der Waals surface area contributed by atoms with Gasteiger partial charge in [-0.25, -0.2) is 8.78 Å². The van der Waals surface area contributed by atoms with Crippen molar-refractivity contribution in [1.29, 1.82) is 5.26 Å². The fraction of sp³-hybridized carbons (Fsp3) is 0.300. The highest BCUT2D eigenvalue weighted by atomic mass is 35.5. The molecule has 0 fully saturated rings. The lowest BCUT2D eigenvalue weighted by atomic mass is 10.0. The van der Waals surface area contributed by atoms with Crippen LogP contribution in [0.3, 0.4) is 0 Å². The van der Waals surface area contributed by atoms with Crippen LogP contribution in [0.15, 0.2) is 6.07 Å². The summed E-state index contributed by atoms with van der Waals surface area (Å²) in [6.07, 6.45) is -3.62. The van der Waals surface area contributed by atoms with Crippen molar-refractivity contribution >= 4 is 17.6 Å². The third-order valence-corrected chi connectivity index (χ3v) is 2.26. The molecule has 0 radical (unpaired) electrons. The molecule has 0 saturated heterocycles. The van der Waals surface area contributed by atoms with Crippen LogP contribution in [0.2, 0.25) is 0 Å². The number of alkyl halides is 3. The first-order valence-corrected chi connectivity index (χ1v) is 5.01. The number of halogens is 3. The molecule has 0 saturated carbocycles. The number of carbonyl (C=O) groups is 1. The molecule has 0 spiro atoms.